The Bertz CT molecular complexity index is 1350. The first-order chi connectivity index (χ1) is 21.2. The molecule has 0 heterocycles. The zero-order chi connectivity index (χ0) is 33.1. The maximum Gasteiger partial charge on any atom is 0.376 e. The summed E-state index contributed by atoms with van der Waals surface area (Å²) in [5.41, 5.74) is -0.377. The smallest absolute Gasteiger partial charge is 0.376 e. The first-order valence-electron chi connectivity index (χ1n) is 16.0. The van der Waals surface area contributed by atoms with Crippen molar-refractivity contribution >= 4 is 46.8 Å². The van der Waals surface area contributed by atoms with E-state index in [0.29, 0.717) is 30.2 Å². The van der Waals surface area contributed by atoms with Crippen LogP contribution < -0.4 is 0 Å². The molecule has 0 amide bonds. The average molecular weight is 727 g/mol. The Labute approximate surface area is 280 Å². The van der Waals surface area contributed by atoms with Crippen molar-refractivity contribution in [3.05, 3.63) is 73.2 Å². The lowest BCUT2D eigenvalue weighted by Crippen LogP contribution is -2.37. The topological polar surface area (TPSA) is 105 Å². The summed E-state index contributed by atoms with van der Waals surface area (Å²) in [6.07, 6.45) is 4.61. The van der Waals surface area contributed by atoms with Crippen molar-refractivity contribution in [3.8, 4) is 0 Å². The molecule has 0 aromatic heterocycles. The van der Waals surface area contributed by atoms with Gasteiger partial charge in [0.15, 0.2) is 0 Å². The molecular weight excluding hydrogens is 681 g/mol. The number of carbonyl (C=O) groups excluding carboxylic acids is 1. The number of rotatable bonds is 11. The van der Waals surface area contributed by atoms with Crippen LogP contribution in [-0.2, 0) is 18.3 Å². The Hall–Kier alpha value is -1.77. The summed E-state index contributed by atoms with van der Waals surface area (Å²) in [6, 6.07) is 10.7. The number of carbonyl (C=O) groups is 1. The van der Waals surface area contributed by atoms with Crippen molar-refractivity contribution in [2.45, 2.75) is 98.1 Å². The molecule has 2 saturated carbocycles. The van der Waals surface area contributed by atoms with Crippen LogP contribution in [0.1, 0.15) is 102 Å². The van der Waals surface area contributed by atoms with Crippen molar-refractivity contribution < 1.29 is 28.1 Å². The molecule has 2 aromatic carbocycles. The highest BCUT2D eigenvalue weighted by Crippen LogP contribution is 2.66. The third-order valence-corrected chi connectivity index (χ3v) is 12.4. The Morgan fingerprint density at radius 3 is 1.89 bits per heavy atom. The van der Waals surface area contributed by atoms with Crippen LogP contribution in [0, 0.1) is 45.6 Å². The van der Waals surface area contributed by atoms with Crippen LogP contribution in [0.5, 0.6) is 0 Å². The molecule has 11 heteroatoms. The molecule has 2 aliphatic rings. The Balaban J connectivity index is 1.84. The maximum absolute atomic E-state index is 15.6. The summed E-state index contributed by atoms with van der Waals surface area (Å²) in [7, 11) is -4.29. The van der Waals surface area contributed by atoms with Crippen LogP contribution in [0.3, 0.4) is 0 Å². The van der Waals surface area contributed by atoms with Gasteiger partial charge in [-0.3, -0.25) is 14.7 Å². The lowest BCUT2D eigenvalue weighted by molar-refractivity contribution is -0.385. The minimum absolute atomic E-state index is 0.109. The number of hydrogen-bond donors (Lipinski definition) is 0. The number of nitro benzene ring substituents is 1. The van der Waals surface area contributed by atoms with E-state index < -0.39 is 30.0 Å². The predicted molar refractivity (Wildman–Crippen MR) is 180 cm³/mol. The summed E-state index contributed by atoms with van der Waals surface area (Å²) < 4.78 is 36.0. The highest BCUT2D eigenvalue weighted by Gasteiger charge is 2.49. The van der Waals surface area contributed by atoms with Gasteiger partial charge in [0.25, 0.3) is 5.69 Å². The van der Waals surface area contributed by atoms with E-state index in [1.807, 2.05) is 0 Å². The highest BCUT2D eigenvalue weighted by molar-refractivity contribution is 9.10. The molecule has 0 radical (unpaired) electrons. The molecule has 0 N–H and O–H groups in total. The first kappa shape index (κ1) is 36.1. The molecule has 2 aliphatic carbocycles. The van der Waals surface area contributed by atoms with Crippen molar-refractivity contribution in [2.75, 3.05) is 0 Å². The molecule has 0 spiro atoms. The third-order valence-electron chi connectivity index (χ3n) is 9.52. The van der Waals surface area contributed by atoms with E-state index in [9.17, 15) is 14.9 Å². The first-order valence-corrected chi connectivity index (χ1v) is 18.8. The molecule has 2 aromatic rings. The molecule has 0 bridgehead atoms. The number of hydrogen-bond acceptors (Lipinski definition) is 7. The van der Waals surface area contributed by atoms with Crippen molar-refractivity contribution in [2.24, 2.45) is 35.5 Å². The fourth-order valence-corrected chi connectivity index (χ4v) is 9.62. The Morgan fingerprint density at radius 2 is 1.42 bits per heavy atom. The van der Waals surface area contributed by atoms with Gasteiger partial charge in [-0.2, -0.15) is 0 Å². The summed E-state index contributed by atoms with van der Waals surface area (Å²) in [4.78, 5) is 25.0. The summed E-state index contributed by atoms with van der Waals surface area (Å²) >= 11 is 9.49. The van der Waals surface area contributed by atoms with Crippen molar-refractivity contribution in [1.82, 2.24) is 0 Å². The predicted octanol–water partition coefficient (Wildman–Crippen LogP) is 11.0. The number of ether oxygens (including phenoxy) is 1. The van der Waals surface area contributed by atoms with Gasteiger partial charge in [-0.15, -0.1) is 0 Å². The van der Waals surface area contributed by atoms with Crippen LogP contribution >= 0.6 is 35.1 Å². The van der Waals surface area contributed by atoms with Crippen molar-refractivity contribution in [3.63, 3.8) is 0 Å². The van der Waals surface area contributed by atoms with Gasteiger partial charge in [0, 0.05) is 21.1 Å². The largest absolute Gasteiger partial charge is 0.441 e. The van der Waals surface area contributed by atoms with Crippen LogP contribution in [0.15, 0.2) is 46.9 Å². The second kappa shape index (κ2) is 15.4. The Morgan fingerprint density at radius 1 is 0.911 bits per heavy atom. The average Bonchev–Trinajstić information content (AvgIpc) is 2.96. The van der Waals surface area contributed by atoms with Crippen LogP contribution in [0.2, 0.25) is 5.02 Å². The molecule has 8 atom stereocenters. The monoisotopic (exact) mass is 725 g/mol. The van der Waals surface area contributed by atoms with Gasteiger partial charge in [0.1, 0.15) is 5.56 Å². The quantitative estimate of drug-likeness (QED) is 0.0982. The van der Waals surface area contributed by atoms with Gasteiger partial charge < -0.3 is 13.8 Å². The summed E-state index contributed by atoms with van der Waals surface area (Å²) in [5, 5.41) is 12.0. The molecule has 45 heavy (non-hydrogen) atoms. The highest BCUT2D eigenvalue weighted by atomic mass is 79.9. The SMILES string of the molecule is CC(C)[C@H]1CC[C@@H](C)C[C@H]1OP(=O)(O[C@@H]1C[C@H](C)CC[C@H]1C(C)C)[C@@H](OC(=O)c1ccc(Cl)cc1[N+](=O)[O-])c1ccc(Br)cc1. The molecule has 2 fully saturated rings. The fraction of sp³-hybridized carbons (Fsp3) is 0.618. The summed E-state index contributed by atoms with van der Waals surface area (Å²) in [6.45, 7) is 12.9. The second-order valence-electron chi connectivity index (χ2n) is 13.7. The van der Waals surface area contributed by atoms with Crippen LogP contribution in [0.4, 0.5) is 5.69 Å². The lowest BCUT2D eigenvalue weighted by atomic mass is 9.75. The standard InChI is InChI=1S/C34H46BrClNO7P/c1-20(2)27-14-7-22(5)17-31(27)43-45(41,44-32-18-23(6)8-15-28(32)21(3)4)34(24-9-11-25(35)12-10-24)42-33(38)29-16-13-26(36)19-30(29)37(39)40/h9-13,16,19-23,27-28,31-32,34H,7-8,14-15,17-18H2,1-6H3/t22-,23-,27-,28+,31-,32-,34-,45?/m1/s1. The minimum atomic E-state index is -4.29. The number of esters is 1. The van der Waals surface area contributed by atoms with E-state index in [1.54, 1.807) is 24.3 Å². The molecule has 0 saturated heterocycles. The fourth-order valence-electron chi connectivity index (χ4n) is 6.92. The second-order valence-corrected chi connectivity index (χ2v) is 17.0. The van der Waals surface area contributed by atoms with Gasteiger partial charge in [-0.25, -0.2) is 4.79 Å². The normalized spacial score (nSPS) is 27.6. The van der Waals surface area contributed by atoms with E-state index >= 15 is 4.57 Å². The number of benzene rings is 2. The van der Waals surface area contributed by atoms with E-state index in [2.05, 4.69) is 57.5 Å². The van der Waals surface area contributed by atoms with E-state index in [0.717, 1.165) is 36.2 Å². The zero-order valence-electron chi connectivity index (χ0n) is 27.0. The maximum atomic E-state index is 15.6. The molecule has 1 unspecified atom stereocenters. The molecule has 0 aliphatic heterocycles. The van der Waals surface area contributed by atoms with E-state index in [4.69, 9.17) is 25.4 Å². The van der Waals surface area contributed by atoms with E-state index in [1.165, 1.54) is 12.1 Å². The molecule has 248 valence electrons. The number of nitro groups is 1. The van der Waals surface area contributed by atoms with Gasteiger partial charge in [-0.1, -0.05) is 94.0 Å². The van der Waals surface area contributed by atoms with Gasteiger partial charge >= 0.3 is 13.6 Å². The van der Waals surface area contributed by atoms with Gasteiger partial charge in [0.2, 0.25) is 5.85 Å². The number of halogens is 2. The molecular formula is C34H46BrClNO7P. The van der Waals surface area contributed by atoms with E-state index in [-0.39, 0.29) is 46.5 Å². The Kier molecular flexibility index (Phi) is 12.4. The van der Waals surface area contributed by atoms with Crippen molar-refractivity contribution in [1.29, 1.82) is 0 Å². The molecule has 4 rings (SSSR count). The third kappa shape index (κ3) is 8.98. The van der Waals surface area contributed by atoms with Gasteiger partial charge in [0.05, 0.1) is 17.1 Å². The van der Waals surface area contributed by atoms with Crippen LogP contribution in [-0.4, -0.2) is 23.1 Å². The molecule has 8 nitrogen and oxygen atoms in total. The number of nitrogens with zero attached hydrogens (tertiary/aromatic N) is 1. The van der Waals surface area contributed by atoms with Crippen LogP contribution in [0.25, 0.3) is 0 Å². The summed E-state index contributed by atoms with van der Waals surface area (Å²) in [5.74, 6) is -0.897. The zero-order valence-corrected chi connectivity index (χ0v) is 30.2. The minimum Gasteiger partial charge on any atom is -0.441 e. The van der Waals surface area contributed by atoms with Gasteiger partial charge in [-0.05, 0) is 85.5 Å². The lowest BCUT2D eigenvalue weighted by Gasteiger charge is -2.43.